The van der Waals surface area contributed by atoms with Crippen LogP contribution in [0.4, 0.5) is 17.1 Å². The summed E-state index contributed by atoms with van der Waals surface area (Å²) in [5, 5.41) is 7.63. The number of benzene rings is 9. The predicted octanol–water partition coefficient (Wildman–Crippen LogP) is 13.9. The van der Waals surface area contributed by atoms with Crippen LogP contribution in [0.2, 0.25) is 0 Å². The largest absolute Gasteiger partial charge is 0.310 e. The lowest BCUT2D eigenvalue weighted by molar-refractivity contribution is 1.18. The van der Waals surface area contributed by atoms with Gasteiger partial charge < -0.3 is 9.47 Å². The van der Waals surface area contributed by atoms with Crippen molar-refractivity contribution in [1.29, 1.82) is 0 Å². The molecule has 0 unspecified atom stereocenters. The minimum atomic E-state index is 1.12. The number of nitrogens with zero attached hydrogens (tertiary/aromatic N) is 2. The molecule has 0 aliphatic heterocycles. The van der Waals surface area contributed by atoms with Crippen molar-refractivity contribution in [3.8, 4) is 39.1 Å². The van der Waals surface area contributed by atoms with Gasteiger partial charge in [-0.15, -0.1) is 0 Å². The summed E-state index contributed by atoms with van der Waals surface area (Å²) in [4.78, 5) is 2.48. The maximum absolute atomic E-state index is 2.48. The molecule has 0 spiro atoms. The fourth-order valence-corrected chi connectivity index (χ4v) is 8.66. The molecule has 9 aromatic carbocycles. The first-order valence-electron chi connectivity index (χ1n) is 17.9. The molecule has 2 nitrogen and oxygen atoms in total. The number of para-hydroxylation sites is 2. The van der Waals surface area contributed by atoms with Gasteiger partial charge in [-0.05, 0) is 104 Å². The van der Waals surface area contributed by atoms with E-state index in [0.29, 0.717) is 0 Å². The molecule has 0 bridgehead atoms. The number of fused-ring (bicyclic) bond motifs is 8. The van der Waals surface area contributed by atoms with Gasteiger partial charge in [-0.1, -0.05) is 133 Å². The number of rotatable bonds is 5. The van der Waals surface area contributed by atoms with E-state index in [-0.39, 0.29) is 0 Å². The zero-order chi connectivity index (χ0) is 34.2. The molecule has 10 aromatic rings. The average molecular weight is 661 g/mol. The Kier molecular flexibility index (Phi) is 6.28. The topological polar surface area (TPSA) is 8.17 Å². The molecule has 0 saturated carbocycles. The summed E-state index contributed by atoms with van der Waals surface area (Å²) in [6.45, 7) is 0. The zero-order valence-corrected chi connectivity index (χ0v) is 28.4. The molecule has 0 saturated heterocycles. The van der Waals surface area contributed by atoms with E-state index in [1.165, 1.54) is 82.4 Å². The van der Waals surface area contributed by atoms with Gasteiger partial charge in [0.1, 0.15) is 0 Å². The Morgan fingerprint density at radius 1 is 0.365 bits per heavy atom. The highest BCUT2D eigenvalue weighted by Gasteiger charge is 2.29. The fourth-order valence-electron chi connectivity index (χ4n) is 8.66. The van der Waals surface area contributed by atoms with Crippen LogP contribution in [0.15, 0.2) is 194 Å². The van der Waals surface area contributed by atoms with Crippen molar-refractivity contribution in [1.82, 2.24) is 4.57 Å². The van der Waals surface area contributed by atoms with Crippen LogP contribution < -0.4 is 4.90 Å². The van der Waals surface area contributed by atoms with E-state index >= 15 is 0 Å². The Bertz CT molecular complexity index is 3010. The van der Waals surface area contributed by atoms with Crippen molar-refractivity contribution in [2.24, 2.45) is 0 Å². The van der Waals surface area contributed by atoms with Crippen molar-refractivity contribution < 1.29 is 0 Å². The lowest BCUT2D eigenvalue weighted by Gasteiger charge is -2.29. The molecular weight excluding hydrogens is 629 g/mol. The van der Waals surface area contributed by atoms with E-state index in [4.69, 9.17) is 0 Å². The number of anilines is 3. The lowest BCUT2D eigenvalue weighted by atomic mass is 9.94. The van der Waals surface area contributed by atoms with Gasteiger partial charge in [0.15, 0.2) is 0 Å². The van der Waals surface area contributed by atoms with Crippen molar-refractivity contribution in [3.63, 3.8) is 0 Å². The summed E-state index contributed by atoms with van der Waals surface area (Å²) in [6, 6.07) is 71.0. The first kappa shape index (κ1) is 28.9. The number of aromatic nitrogens is 1. The monoisotopic (exact) mass is 660 g/mol. The Morgan fingerprint density at radius 3 is 1.90 bits per heavy atom. The van der Waals surface area contributed by atoms with Gasteiger partial charge in [0.05, 0.1) is 16.7 Å². The van der Waals surface area contributed by atoms with Gasteiger partial charge >= 0.3 is 0 Å². The highest BCUT2D eigenvalue weighted by molar-refractivity contribution is 6.26. The molecule has 52 heavy (non-hydrogen) atoms. The highest BCUT2D eigenvalue weighted by Crippen LogP contribution is 2.56. The van der Waals surface area contributed by atoms with Crippen LogP contribution in [0.1, 0.15) is 0 Å². The second-order valence-electron chi connectivity index (χ2n) is 13.7. The van der Waals surface area contributed by atoms with Crippen LogP contribution in [0.25, 0.3) is 82.4 Å². The molecule has 1 aromatic heterocycles. The first-order valence-corrected chi connectivity index (χ1v) is 17.9. The predicted molar refractivity (Wildman–Crippen MR) is 220 cm³/mol. The highest BCUT2D eigenvalue weighted by atomic mass is 15.1. The van der Waals surface area contributed by atoms with Crippen molar-refractivity contribution in [2.75, 3.05) is 4.90 Å². The van der Waals surface area contributed by atoms with E-state index < -0.39 is 0 Å². The van der Waals surface area contributed by atoms with Crippen LogP contribution in [0.3, 0.4) is 0 Å². The van der Waals surface area contributed by atoms with E-state index in [0.717, 1.165) is 17.1 Å². The SMILES string of the molecule is c1ccc(-c2cccc(N(c3ccc4c(c3)c3ccccc3n4-c3ccccc3)c3cccc4c3-c3c5ccccc5cc5cccc-4c35)c2)cc1. The summed E-state index contributed by atoms with van der Waals surface area (Å²) in [5.41, 5.74) is 14.5. The van der Waals surface area contributed by atoms with Gasteiger partial charge in [-0.2, -0.15) is 0 Å². The van der Waals surface area contributed by atoms with Crippen LogP contribution in [-0.2, 0) is 0 Å². The molecule has 1 heterocycles. The maximum atomic E-state index is 2.48. The van der Waals surface area contributed by atoms with E-state index in [9.17, 15) is 0 Å². The molecule has 0 fully saturated rings. The summed E-state index contributed by atoms with van der Waals surface area (Å²) >= 11 is 0. The van der Waals surface area contributed by atoms with E-state index in [1.807, 2.05) is 0 Å². The van der Waals surface area contributed by atoms with Gasteiger partial charge in [0.2, 0.25) is 0 Å². The molecule has 1 aliphatic carbocycles. The molecule has 242 valence electrons. The average Bonchev–Trinajstić information content (AvgIpc) is 3.73. The summed E-state index contributed by atoms with van der Waals surface area (Å²) in [7, 11) is 0. The Labute approximate surface area is 302 Å². The Balaban J connectivity index is 1.22. The van der Waals surface area contributed by atoms with Crippen LogP contribution in [0.5, 0.6) is 0 Å². The Morgan fingerprint density at radius 2 is 1.02 bits per heavy atom. The lowest BCUT2D eigenvalue weighted by Crippen LogP contribution is -2.11. The van der Waals surface area contributed by atoms with Gasteiger partial charge in [0.25, 0.3) is 0 Å². The molecule has 0 N–H and O–H groups in total. The third-order valence-corrected chi connectivity index (χ3v) is 10.9. The second-order valence-corrected chi connectivity index (χ2v) is 13.7. The normalized spacial score (nSPS) is 11.8. The Hall–Kier alpha value is -6.90. The second kappa shape index (κ2) is 11.3. The molecule has 1 aliphatic rings. The van der Waals surface area contributed by atoms with Gasteiger partial charge in [-0.3, -0.25) is 0 Å². The third kappa shape index (κ3) is 4.25. The zero-order valence-electron chi connectivity index (χ0n) is 28.4. The van der Waals surface area contributed by atoms with Gasteiger partial charge in [0, 0.05) is 39.0 Å². The van der Waals surface area contributed by atoms with Crippen LogP contribution in [0, 0.1) is 0 Å². The van der Waals surface area contributed by atoms with Crippen LogP contribution in [-0.4, -0.2) is 4.57 Å². The van der Waals surface area contributed by atoms with Crippen molar-refractivity contribution >= 4 is 60.4 Å². The van der Waals surface area contributed by atoms with E-state index in [1.54, 1.807) is 0 Å². The summed E-state index contributed by atoms with van der Waals surface area (Å²) in [6.07, 6.45) is 0. The minimum Gasteiger partial charge on any atom is -0.310 e. The summed E-state index contributed by atoms with van der Waals surface area (Å²) in [5.74, 6) is 0. The summed E-state index contributed by atoms with van der Waals surface area (Å²) < 4.78 is 2.39. The van der Waals surface area contributed by atoms with Crippen LogP contribution >= 0.6 is 0 Å². The van der Waals surface area contributed by atoms with Gasteiger partial charge in [-0.25, -0.2) is 0 Å². The molecular formula is C50H32N2. The number of hydrogen-bond donors (Lipinski definition) is 0. The molecule has 2 heteroatoms. The molecule has 0 radical (unpaired) electrons. The maximum Gasteiger partial charge on any atom is 0.0546 e. The smallest absolute Gasteiger partial charge is 0.0546 e. The molecule has 0 atom stereocenters. The minimum absolute atomic E-state index is 1.12. The van der Waals surface area contributed by atoms with Crippen molar-refractivity contribution in [2.45, 2.75) is 0 Å². The molecule has 11 rings (SSSR count). The standard InChI is InChI=1S/C50H32N2/c1-3-14-33(15-4-1)34-17-11-21-38(31-34)51(39-28-29-46-44(32-39)41-23-9-10-26-45(41)52(46)37-19-5-2-6-20-37)47-27-13-25-43-42-24-12-18-36-30-35-16-7-8-22-40(35)50(48(36)42)49(43)47/h1-32H. The molecule has 0 amide bonds. The van der Waals surface area contributed by atoms with E-state index in [2.05, 4.69) is 204 Å². The first-order chi connectivity index (χ1) is 25.8. The third-order valence-electron chi connectivity index (χ3n) is 10.9. The quantitative estimate of drug-likeness (QED) is 0.167. The number of hydrogen-bond acceptors (Lipinski definition) is 1. The fraction of sp³-hybridized carbons (Fsp3) is 0. The van der Waals surface area contributed by atoms with Crippen molar-refractivity contribution in [3.05, 3.63) is 194 Å².